The molecular formula is C59H41N. The molecule has 1 aromatic heterocycles. The largest absolute Gasteiger partial charge is 0.248 e. The van der Waals surface area contributed by atoms with Crippen molar-refractivity contribution in [3.63, 3.8) is 0 Å². The minimum atomic E-state index is 0.929. The average Bonchev–Trinajstić information content (AvgIpc) is 3.35. The highest BCUT2D eigenvalue weighted by Crippen LogP contribution is 2.38. The van der Waals surface area contributed by atoms with E-state index in [2.05, 4.69) is 249 Å². The Morgan fingerprint density at radius 1 is 0.150 bits per heavy atom. The second-order valence-electron chi connectivity index (χ2n) is 15.2. The summed E-state index contributed by atoms with van der Waals surface area (Å²) in [4.78, 5) is 5.43. The summed E-state index contributed by atoms with van der Waals surface area (Å²) in [6.07, 6.45) is 0. The number of hydrogen-bond acceptors (Lipinski definition) is 1. The van der Waals surface area contributed by atoms with Crippen molar-refractivity contribution in [2.75, 3.05) is 0 Å². The van der Waals surface area contributed by atoms with E-state index in [1.54, 1.807) is 0 Å². The van der Waals surface area contributed by atoms with Crippen LogP contribution in [-0.2, 0) is 0 Å². The van der Waals surface area contributed by atoms with Crippen LogP contribution in [0.15, 0.2) is 249 Å². The van der Waals surface area contributed by atoms with E-state index in [1.165, 1.54) is 44.5 Å². The third-order valence-corrected chi connectivity index (χ3v) is 11.2. The van der Waals surface area contributed by atoms with Crippen molar-refractivity contribution in [1.29, 1.82) is 0 Å². The molecule has 0 saturated heterocycles. The zero-order chi connectivity index (χ0) is 40.1. The molecule has 1 heterocycles. The topological polar surface area (TPSA) is 12.9 Å². The standard InChI is InChI=1S/C59H41N/c1-6-18-42(19-7-1)51-34-52(43-20-8-2-9-21-43)37-55(36-51)47-28-16-30-49(32-47)58-40-57(46-26-14-5-15-27-46)41-59(60-58)50-31-17-29-48(33-50)56-38-53(44-22-10-3-11-23-44)35-54(39-56)45-24-12-4-13-25-45/h1-41H. The van der Waals surface area contributed by atoms with Crippen LogP contribution in [0.25, 0.3) is 100 Å². The van der Waals surface area contributed by atoms with Gasteiger partial charge in [-0.15, -0.1) is 0 Å². The van der Waals surface area contributed by atoms with Gasteiger partial charge in [-0.3, -0.25) is 0 Å². The molecule has 282 valence electrons. The van der Waals surface area contributed by atoms with Gasteiger partial charge in [0.2, 0.25) is 0 Å². The van der Waals surface area contributed by atoms with Crippen LogP contribution in [0, 0.1) is 0 Å². The van der Waals surface area contributed by atoms with Crippen LogP contribution in [0.1, 0.15) is 0 Å². The zero-order valence-electron chi connectivity index (χ0n) is 33.1. The van der Waals surface area contributed by atoms with Crippen LogP contribution in [-0.4, -0.2) is 4.98 Å². The Balaban J connectivity index is 1.09. The first-order chi connectivity index (χ1) is 29.7. The molecule has 0 bridgehead atoms. The Hall–Kier alpha value is -7.87. The number of aromatic nitrogens is 1. The molecule has 1 nitrogen and oxygen atoms in total. The first-order valence-corrected chi connectivity index (χ1v) is 20.5. The van der Waals surface area contributed by atoms with Gasteiger partial charge in [0, 0.05) is 11.1 Å². The van der Waals surface area contributed by atoms with Gasteiger partial charge in [-0.05, 0) is 139 Å². The maximum absolute atomic E-state index is 5.43. The van der Waals surface area contributed by atoms with Crippen molar-refractivity contribution in [2.24, 2.45) is 0 Å². The summed E-state index contributed by atoms with van der Waals surface area (Å²) in [6, 6.07) is 89.2. The van der Waals surface area contributed by atoms with Crippen LogP contribution in [0.5, 0.6) is 0 Å². The fourth-order valence-electron chi connectivity index (χ4n) is 8.12. The second-order valence-corrected chi connectivity index (χ2v) is 15.2. The molecule has 10 rings (SSSR count). The van der Waals surface area contributed by atoms with Crippen LogP contribution < -0.4 is 0 Å². The number of pyridine rings is 1. The molecule has 0 radical (unpaired) electrons. The highest BCUT2D eigenvalue weighted by atomic mass is 14.7. The number of hydrogen-bond donors (Lipinski definition) is 0. The molecular weight excluding hydrogens is 723 g/mol. The fraction of sp³-hybridized carbons (Fsp3) is 0. The molecule has 60 heavy (non-hydrogen) atoms. The average molecular weight is 764 g/mol. The lowest BCUT2D eigenvalue weighted by Crippen LogP contribution is -1.93. The van der Waals surface area contributed by atoms with E-state index in [1.807, 2.05) is 0 Å². The summed E-state index contributed by atoms with van der Waals surface area (Å²) >= 11 is 0. The number of nitrogens with zero attached hydrogens (tertiary/aromatic N) is 1. The summed E-state index contributed by atoms with van der Waals surface area (Å²) in [5.41, 5.74) is 20.4. The van der Waals surface area contributed by atoms with Gasteiger partial charge in [0.1, 0.15) is 0 Å². The zero-order valence-corrected chi connectivity index (χ0v) is 33.1. The van der Waals surface area contributed by atoms with Crippen LogP contribution in [0.2, 0.25) is 0 Å². The third-order valence-electron chi connectivity index (χ3n) is 11.2. The number of benzene rings is 9. The second kappa shape index (κ2) is 16.5. The highest BCUT2D eigenvalue weighted by molar-refractivity contribution is 5.86. The van der Waals surface area contributed by atoms with Gasteiger partial charge in [0.05, 0.1) is 11.4 Å². The molecule has 0 atom stereocenters. The monoisotopic (exact) mass is 763 g/mol. The quantitative estimate of drug-likeness (QED) is 0.143. The summed E-state index contributed by atoms with van der Waals surface area (Å²) in [6.45, 7) is 0. The Bertz CT molecular complexity index is 2740. The molecule has 0 fully saturated rings. The van der Waals surface area contributed by atoms with Crippen LogP contribution >= 0.6 is 0 Å². The Morgan fingerprint density at radius 3 is 0.633 bits per heavy atom. The smallest absolute Gasteiger partial charge is 0.0715 e. The van der Waals surface area contributed by atoms with Crippen molar-refractivity contribution in [3.05, 3.63) is 249 Å². The fourth-order valence-corrected chi connectivity index (χ4v) is 8.12. The van der Waals surface area contributed by atoms with Crippen molar-refractivity contribution in [3.8, 4) is 100 Å². The highest BCUT2D eigenvalue weighted by Gasteiger charge is 2.14. The lowest BCUT2D eigenvalue weighted by Gasteiger charge is -2.14. The minimum absolute atomic E-state index is 0.929. The van der Waals surface area contributed by atoms with E-state index in [0.29, 0.717) is 0 Å². The van der Waals surface area contributed by atoms with Crippen molar-refractivity contribution < 1.29 is 0 Å². The first-order valence-electron chi connectivity index (χ1n) is 20.5. The Labute approximate surface area is 352 Å². The molecule has 0 aliphatic heterocycles. The van der Waals surface area contributed by atoms with E-state index in [0.717, 1.165) is 55.9 Å². The normalized spacial score (nSPS) is 11.0. The SMILES string of the molecule is c1ccc(-c2cc(-c3ccccc3)cc(-c3cccc(-c4cc(-c5ccccc5)cc(-c5cccc(-c6cc(-c7ccccc7)cc(-c7ccccc7)c6)c5)n4)c3)c2)cc1. The third kappa shape index (κ3) is 7.85. The lowest BCUT2D eigenvalue weighted by atomic mass is 9.92. The number of rotatable bonds is 9. The van der Waals surface area contributed by atoms with Gasteiger partial charge in [-0.1, -0.05) is 188 Å². The van der Waals surface area contributed by atoms with Crippen molar-refractivity contribution >= 4 is 0 Å². The van der Waals surface area contributed by atoms with Gasteiger partial charge >= 0.3 is 0 Å². The van der Waals surface area contributed by atoms with E-state index >= 15 is 0 Å². The van der Waals surface area contributed by atoms with Crippen molar-refractivity contribution in [1.82, 2.24) is 4.98 Å². The van der Waals surface area contributed by atoms with Gasteiger partial charge in [0.15, 0.2) is 0 Å². The van der Waals surface area contributed by atoms with E-state index in [-0.39, 0.29) is 0 Å². The summed E-state index contributed by atoms with van der Waals surface area (Å²) < 4.78 is 0. The van der Waals surface area contributed by atoms with Gasteiger partial charge < -0.3 is 0 Å². The van der Waals surface area contributed by atoms with Crippen molar-refractivity contribution in [2.45, 2.75) is 0 Å². The molecule has 0 aliphatic rings. The summed E-state index contributed by atoms with van der Waals surface area (Å²) in [7, 11) is 0. The predicted molar refractivity (Wildman–Crippen MR) is 253 cm³/mol. The van der Waals surface area contributed by atoms with E-state index < -0.39 is 0 Å². The summed E-state index contributed by atoms with van der Waals surface area (Å²) in [5.74, 6) is 0. The Kier molecular flexibility index (Phi) is 10.1. The molecule has 0 N–H and O–H groups in total. The molecule has 0 saturated carbocycles. The van der Waals surface area contributed by atoms with Gasteiger partial charge in [-0.25, -0.2) is 4.98 Å². The molecule has 0 amide bonds. The molecule has 9 aromatic carbocycles. The van der Waals surface area contributed by atoms with Gasteiger partial charge in [0.25, 0.3) is 0 Å². The summed E-state index contributed by atoms with van der Waals surface area (Å²) in [5, 5.41) is 0. The molecule has 1 heteroatoms. The van der Waals surface area contributed by atoms with E-state index in [9.17, 15) is 0 Å². The minimum Gasteiger partial charge on any atom is -0.248 e. The maximum Gasteiger partial charge on any atom is 0.0715 e. The maximum atomic E-state index is 5.43. The Morgan fingerprint density at radius 2 is 0.350 bits per heavy atom. The first kappa shape index (κ1) is 36.5. The molecule has 0 spiro atoms. The van der Waals surface area contributed by atoms with Gasteiger partial charge in [-0.2, -0.15) is 0 Å². The lowest BCUT2D eigenvalue weighted by molar-refractivity contribution is 1.32. The molecule has 0 aliphatic carbocycles. The molecule has 0 unspecified atom stereocenters. The molecule has 10 aromatic rings. The van der Waals surface area contributed by atoms with Crippen LogP contribution in [0.4, 0.5) is 0 Å². The van der Waals surface area contributed by atoms with Crippen LogP contribution in [0.3, 0.4) is 0 Å². The van der Waals surface area contributed by atoms with E-state index in [4.69, 9.17) is 4.98 Å². The predicted octanol–water partition coefficient (Wildman–Crippen LogP) is 16.1.